The molecule has 0 spiro atoms. The van der Waals surface area contributed by atoms with Gasteiger partial charge in [0.1, 0.15) is 0 Å². The van der Waals surface area contributed by atoms with E-state index in [1.165, 1.54) is 11.0 Å². The molecule has 1 fully saturated rings. The molecule has 0 saturated carbocycles. The van der Waals surface area contributed by atoms with Gasteiger partial charge in [0.05, 0.1) is 24.6 Å². The summed E-state index contributed by atoms with van der Waals surface area (Å²) in [7, 11) is 0. The van der Waals surface area contributed by atoms with E-state index < -0.39 is 16.8 Å². The number of hydrogen-bond donors (Lipinski definition) is 3. The number of piperidine rings is 1. The highest BCUT2D eigenvalue weighted by molar-refractivity contribution is 5.87. The average molecular weight is 472 g/mol. The van der Waals surface area contributed by atoms with Crippen molar-refractivity contribution in [2.45, 2.75) is 51.6 Å². The van der Waals surface area contributed by atoms with Crippen molar-refractivity contribution in [3.05, 3.63) is 68.9 Å². The van der Waals surface area contributed by atoms with Crippen molar-refractivity contribution < 1.29 is 0 Å². The Kier molecular flexibility index (Phi) is 5.91. The molecule has 3 aromatic heterocycles. The molecule has 3 N–H and O–H groups in total. The van der Waals surface area contributed by atoms with Crippen LogP contribution in [0.25, 0.3) is 21.9 Å². The van der Waals surface area contributed by atoms with Crippen LogP contribution in [0.3, 0.4) is 0 Å². The summed E-state index contributed by atoms with van der Waals surface area (Å²) in [5, 5.41) is 7.74. The van der Waals surface area contributed by atoms with Crippen molar-refractivity contribution in [3.63, 3.8) is 0 Å². The third kappa shape index (κ3) is 4.00. The van der Waals surface area contributed by atoms with Crippen molar-refractivity contribution in [2.24, 2.45) is 0 Å². The largest absolute Gasteiger partial charge is 0.349 e. The number of benzene rings is 1. The van der Waals surface area contributed by atoms with Crippen LogP contribution in [0.15, 0.2) is 46.4 Å². The molecule has 9 heteroatoms. The second kappa shape index (κ2) is 9.04. The van der Waals surface area contributed by atoms with E-state index in [0.717, 1.165) is 34.9 Å². The van der Waals surface area contributed by atoms with Gasteiger partial charge in [-0.1, -0.05) is 30.2 Å². The Balaban J connectivity index is 1.66. The fourth-order valence-corrected chi connectivity index (χ4v) is 5.25. The summed E-state index contributed by atoms with van der Waals surface area (Å²) in [6.07, 6.45) is 5.55. The molecule has 180 valence electrons. The average Bonchev–Trinajstić information content (AvgIpc) is 3.32. The number of H-pyrrole nitrogens is 2. The van der Waals surface area contributed by atoms with Gasteiger partial charge in [0, 0.05) is 30.1 Å². The van der Waals surface area contributed by atoms with E-state index in [0.29, 0.717) is 19.5 Å². The number of fused-ring (bicyclic) bond motifs is 2. The summed E-state index contributed by atoms with van der Waals surface area (Å²) >= 11 is 0. The SMILES string of the molecule is CC#CCN[C@@]1(C)CCCN(n2c(=O)[nH]c3nc[nH]c3c2=O)C1Cc1ncc(C)c2ccccc12. The molecule has 4 heterocycles. The molecule has 4 aromatic rings. The van der Waals surface area contributed by atoms with Crippen molar-refractivity contribution in [1.82, 2.24) is 29.9 Å². The fourth-order valence-electron chi connectivity index (χ4n) is 5.25. The van der Waals surface area contributed by atoms with Gasteiger partial charge in [-0.05, 0) is 44.6 Å². The van der Waals surface area contributed by atoms with Crippen molar-refractivity contribution in [1.29, 1.82) is 0 Å². The molecule has 1 aliphatic rings. The number of rotatable bonds is 5. The van der Waals surface area contributed by atoms with Gasteiger partial charge in [-0.15, -0.1) is 5.92 Å². The quantitative estimate of drug-likeness (QED) is 0.384. The lowest BCUT2D eigenvalue weighted by Crippen LogP contribution is -2.69. The van der Waals surface area contributed by atoms with Crippen LogP contribution in [-0.2, 0) is 6.42 Å². The maximum Gasteiger partial charge on any atom is 0.349 e. The first-order chi connectivity index (χ1) is 16.9. The summed E-state index contributed by atoms with van der Waals surface area (Å²) < 4.78 is 1.23. The summed E-state index contributed by atoms with van der Waals surface area (Å²) in [4.78, 5) is 41.0. The zero-order chi connectivity index (χ0) is 24.6. The first-order valence-electron chi connectivity index (χ1n) is 11.9. The van der Waals surface area contributed by atoms with Crippen LogP contribution < -0.4 is 21.6 Å². The number of nitrogens with one attached hydrogen (secondary N) is 3. The molecule has 35 heavy (non-hydrogen) atoms. The predicted octanol–water partition coefficient (Wildman–Crippen LogP) is 1.98. The second-order valence-electron chi connectivity index (χ2n) is 9.29. The van der Waals surface area contributed by atoms with E-state index in [4.69, 9.17) is 4.98 Å². The number of pyridine rings is 1. The number of nitrogens with zero attached hydrogens (tertiary/aromatic N) is 4. The second-order valence-corrected chi connectivity index (χ2v) is 9.29. The van der Waals surface area contributed by atoms with Crippen LogP contribution in [0.5, 0.6) is 0 Å². The smallest absolute Gasteiger partial charge is 0.339 e. The van der Waals surface area contributed by atoms with Crippen LogP contribution in [0, 0.1) is 18.8 Å². The molecule has 1 aliphatic heterocycles. The summed E-state index contributed by atoms with van der Waals surface area (Å²) in [5.41, 5.74) is 1.26. The number of hydrogen-bond acceptors (Lipinski definition) is 6. The van der Waals surface area contributed by atoms with Crippen LogP contribution >= 0.6 is 0 Å². The zero-order valence-corrected chi connectivity index (χ0v) is 20.2. The van der Waals surface area contributed by atoms with Gasteiger partial charge >= 0.3 is 11.2 Å². The minimum Gasteiger partial charge on any atom is -0.339 e. The number of aryl methyl sites for hydroxylation is 1. The molecule has 9 nitrogen and oxygen atoms in total. The third-order valence-corrected chi connectivity index (χ3v) is 7.12. The topological polar surface area (TPSA) is 112 Å². The van der Waals surface area contributed by atoms with Gasteiger partial charge in [-0.3, -0.25) is 20.1 Å². The van der Waals surface area contributed by atoms with Crippen molar-refractivity contribution in [3.8, 4) is 11.8 Å². The van der Waals surface area contributed by atoms with Gasteiger partial charge in [0.25, 0.3) is 0 Å². The van der Waals surface area contributed by atoms with E-state index in [2.05, 4.69) is 58.1 Å². The van der Waals surface area contributed by atoms with Gasteiger partial charge < -0.3 is 9.99 Å². The molecule has 0 amide bonds. The minimum absolute atomic E-state index is 0.229. The molecule has 0 radical (unpaired) electrons. The summed E-state index contributed by atoms with van der Waals surface area (Å²) in [5.74, 6) is 6.03. The molecule has 1 aromatic carbocycles. The standard InChI is InChI=1S/C26H29N7O2/c1-4-5-12-30-26(3)11-8-13-32(33-24(34)22-23(29-16-28-22)31-25(33)35)21(26)14-20-19-10-7-6-9-18(19)17(2)15-27-20/h6-7,9-10,15-16,21,30H,8,11-14H2,1-3H3,(H,28,29)(H,31,35)/t21?,26-/m0/s1. The highest BCUT2D eigenvalue weighted by Crippen LogP contribution is 2.31. The molecular weight excluding hydrogens is 442 g/mol. The maximum atomic E-state index is 13.4. The number of aromatic amines is 2. The lowest BCUT2D eigenvalue weighted by atomic mass is 9.80. The van der Waals surface area contributed by atoms with E-state index in [-0.39, 0.29) is 17.2 Å². The van der Waals surface area contributed by atoms with Crippen LogP contribution in [-0.4, -0.2) is 49.3 Å². The van der Waals surface area contributed by atoms with Crippen LogP contribution in [0.1, 0.15) is 37.9 Å². The Morgan fingerprint density at radius 2 is 2.03 bits per heavy atom. The van der Waals surface area contributed by atoms with Crippen LogP contribution in [0.2, 0.25) is 0 Å². The molecule has 0 bridgehead atoms. The molecular formula is C26H29N7O2. The Bertz CT molecular complexity index is 1570. The van der Waals surface area contributed by atoms with E-state index in [1.54, 1.807) is 0 Å². The van der Waals surface area contributed by atoms with Gasteiger partial charge in [-0.2, -0.15) is 4.68 Å². The molecule has 2 atom stereocenters. The molecule has 0 aliphatic carbocycles. The number of aromatic nitrogens is 5. The highest BCUT2D eigenvalue weighted by Gasteiger charge is 2.42. The lowest BCUT2D eigenvalue weighted by molar-refractivity contribution is 0.198. The van der Waals surface area contributed by atoms with Crippen molar-refractivity contribution >= 4 is 21.9 Å². The van der Waals surface area contributed by atoms with Crippen LogP contribution in [0.4, 0.5) is 0 Å². The van der Waals surface area contributed by atoms with E-state index >= 15 is 0 Å². The number of imidazole rings is 1. The molecule has 1 unspecified atom stereocenters. The van der Waals surface area contributed by atoms with Gasteiger partial charge in [0.2, 0.25) is 0 Å². The Labute approximate surface area is 202 Å². The summed E-state index contributed by atoms with van der Waals surface area (Å²) in [6.45, 7) is 7.10. The first-order valence-corrected chi connectivity index (χ1v) is 11.9. The fraction of sp³-hybridized carbons (Fsp3) is 0.385. The van der Waals surface area contributed by atoms with E-state index in [1.807, 2.05) is 30.3 Å². The van der Waals surface area contributed by atoms with Gasteiger partial charge in [-0.25, -0.2) is 9.78 Å². The first kappa shape index (κ1) is 22.9. The maximum absolute atomic E-state index is 13.4. The Morgan fingerprint density at radius 1 is 1.23 bits per heavy atom. The minimum atomic E-state index is -0.501. The Morgan fingerprint density at radius 3 is 2.83 bits per heavy atom. The third-order valence-electron chi connectivity index (χ3n) is 7.12. The highest BCUT2D eigenvalue weighted by atomic mass is 16.2. The predicted molar refractivity (Wildman–Crippen MR) is 137 cm³/mol. The lowest BCUT2D eigenvalue weighted by Gasteiger charge is -2.49. The van der Waals surface area contributed by atoms with Crippen molar-refractivity contribution in [2.75, 3.05) is 18.1 Å². The molecule has 5 rings (SSSR count). The normalized spacial score (nSPS) is 20.2. The monoisotopic (exact) mass is 471 g/mol. The molecule has 1 saturated heterocycles. The summed E-state index contributed by atoms with van der Waals surface area (Å²) in [6, 6.07) is 8.00. The zero-order valence-electron chi connectivity index (χ0n) is 20.2. The van der Waals surface area contributed by atoms with Gasteiger partial charge in [0.15, 0.2) is 11.2 Å². The van der Waals surface area contributed by atoms with E-state index in [9.17, 15) is 9.59 Å². The Hall–Kier alpha value is -3.90.